The summed E-state index contributed by atoms with van der Waals surface area (Å²) in [6.45, 7) is 0.932. The van der Waals surface area contributed by atoms with E-state index in [4.69, 9.17) is 11.6 Å². The van der Waals surface area contributed by atoms with Crippen LogP contribution in [0.2, 0.25) is 5.02 Å². The second-order valence-corrected chi connectivity index (χ2v) is 6.48. The Hall–Kier alpha value is -1.44. The van der Waals surface area contributed by atoms with Crippen LogP contribution in [-0.2, 0) is 19.5 Å². The van der Waals surface area contributed by atoms with Crippen LogP contribution < -0.4 is 5.56 Å². The fraction of sp³-hybridized carbons (Fsp3) is 0.333. The van der Waals surface area contributed by atoms with Crippen LogP contribution in [0.5, 0.6) is 0 Å². The molecule has 0 aliphatic carbocycles. The van der Waals surface area contributed by atoms with Crippen LogP contribution in [0.1, 0.15) is 16.8 Å². The summed E-state index contributed by atoms with van der Waals surface area (Å²) in [6, 6.07) is 2.34. The van der Waals surface area contributed by atoms with Crippen molar-refractivity contribution in [3.8, 4) is 0 Å². The van der Waals surface area contributed by atoms with Crippen molar-refractivity contribution >= 4 is 23.4 Å². The lowest BCUT2D eigenvalue weighted by Crippen LogP contribution is -2.35. The predicted molar refractivity (Wildman–Crippen MR) is 85.8 cm³/mol. The molecular weight excluding hydrogens is 344 g/mol. The van der Waals surface area contributed by atoms with Gasteiger partial charge in [-0.2, -0.15) is 0 Å². The molecule has 1 aliphatic rings. The number of thioether (sulfide) groups is 1. The highest BCUT2D eigenvalue weighted by Crippen LogP contribution is 2.24. The van der Waals surface area contributed by atoms with Gasteiger partial charge in [0.25, 0.3) is 5.56 Å². The maximum absolute atomic E-state index is 14.0. The molecule has 0 spiro atoms. The quantitative estimate of drug-likeness (QED) is 0.521. The number of H-pyrrole nitrogens is 1. The minimum absolute atomic E-state index is 0.0569. The van der Waals surface area contributed by atoms with Gasteiger partial charge in [0.15, 0.2) is 5.16 Å². The summed E-state index contributed by atoms with van der Waals surface area (Å²) in [7, 11) is 0. The Morgan fingerprint density at radius 3 is 2.96 bits per heavy atom. The second-order valence-electron chi connectivity index (χ2n) is 5.28. The zero-order valence-corrected chi connectivity index (χ0v) is 13.9. The fourth-order valence-electron chi connectivity index (χ4n) is 2.63. The molecule has 1 aromatic heterocycles. The predicted octanol–water partition coefficient (Wildman–Crippen LogP) is 2.98. The Kier molecular flexibility index (Phi) is 4.70. The highest BCUT2D eigenvalue weighted by atomic mass is 35.5. The van der Waals surface area contributed by atoms with Crippen molar-refractivity contribution in [2.75, 3.05) is 12.8 Å². The molecule has 0 unspecified atom stereocenters. The number of aromatic amines is 1. The topological polar surface area (TPSA) is 49.0 Å². The van der Waals surface area contributed by atoms with Gasteiger partial charge >= 0.3 is 0 Å². The van der Waals surface area contributed by atoms with Gasteiger partial charge in [0.2, 0.25) is 0 Å². The molecule has 3 rings (SSSR count). The van der Waals surface area contributed by atoms with E-state index in [0.29, 0.717) is 30.2 Å². The monoisotopic (exact) mass is 357 g/mol. The lowest BCUT2D eigenvalue weighted by atomic mass is 10.1. The molecule has 1 aliphatic heterocycles. The van der Waals surface area contributed by atoms with Gasteiger partial charge in [-0.05, 0) is 18.4 Å². The van der Waals surface area contributed by atoms with Gasteiger partial charge < -0.3 is 4.98 Å². The standard InChI is InChI=1S/C15H14ClF2N3OS/c1-23-15-19-12-4-5-21(7-9(12)14(22)20-15)6-8-11(17)3-2-10(16)13(8)18/h2-3H,4-7H2,1H3,(H,19,20,22). The Morgan fingerprint density at radius 1 is 1.43 bits per heavy atom. The van der Waals surface area contributed by atoms with Crippen molar-refractivity contribution in [1.29, 1.82) is 0 Å². The second kappa shape index (κ2) is 6.59. The third kappa shape index (κ3) is 3.27. The number of fused-ring (bicyclic) bond motifs is 1. The number of aromatic nitrogens is 2. The molecule has 8 heteroatoms. The van der Waals surface area contributed by atoms with E-state index in [2.05, 4.69) is 9.97 Å². The molecule has 0 bridgehead atoms. The number of halogens is 3. The summed E-state index contributed by atoms with van der Waals surface area (Å²) in [5.41, 5.74) is 1.03. The highest BCUT2D eigenvalue weighted by Gasteiger charge is 2.23. The first kappa shape index (κ1) is 16.4. The smallest absolute Gasteiger partial charge is 0.256 e. The van der Waals surface area contributed by atoms with Crippen molar-refractivity contribution in [3.05, 3.63) is 56.0 Å². The molecule has 0 radical (unpaired) electrons. The minimum Gasteiger partial charge on any atom is -0.301 e. The maximum atomic E-state index is 14.0. The van der Waals surface area contributed by atoms with E-state index in [9.17, 15) is 13.6 Å². The zero-order valence-electron chi connectivity index (χ0n) is 12.3. The molecule has 2 aromatic rings. The van der Waals surface area contributed by atoms with Crippen molar-refractivity contribution < 1.29 is 8.78 Å². The Labute approximate surface area is 140 Å². The number of hydrogen-bond donors (Lipinski definition) is 1. The molecule has 1 aromatic carbocycles. The van der Waals surface area contributed by atoms with Crippen molar-refractivity contribution in [2.45, 2.75) is 24.7 Å². The van der Waals surface area contributed by atoms with Crippen LogP contribution >= 0.6 is 23.4 Å². The van der Waals surface area contributed by atoms with Crippen molar-refractivity contribution in [2.24, 2.45) is 0 Å². The number of benzene rings is 1. The van der Waals surface area contributed by atoms with Crippen LogP contribution in [-0.4, -0.2) is 27.7 Å². The van der Waals surface area contributed by atoms with E-state index < -0.39 is 11.6 Å². The molecule has 0 atom stereocenters. The van der Waals surface area contributed by atoms with E-state index >= 15 is 0 Å². The lowest BCUT2D eigenvalue weighted by Gasteiger charge is -2.28. The molecule has 1 N–H and O–H groups in total. The van der Waals surface area contributed by atoms with Crippen molar-refractivity contribution in [3.63, 3.8) is 0 Å². The third-order valence-electron chi connectivity index (χ3n) is 3.84. The Bertz CT molecular complexity index is 812. The average molecular weight is 358 g/mol. The molecular formula is C15H14ClF2N3OS. The molecule has 0 saturated carbocycles. The number of rotatable bonds is 3. The van der Waals surface area contributed by atoms with E-state index in [1.54, 1.807) is 0 Å². The normalized spacial score (nSPS) is 14.8. The summed E-state index contributed by atoms with van der Waals surface area (Å²) in [5, 5.41) is 0.470. The Balaban J connectivity index is 1.86. The molecule has 4 nitrogen and oxygen atoms in total. The summed E-state index contributed by atoms with van der Waals surface area (Å²) in [5.74, 6) is -1.38. The van der Waals surface area contributed by atoms with Crippen LogP contribution in [0.15, 0.2) is 22.1 Å². The van der Waals surface area contributed by atoms with Gasteiger partial charge in [-0.25, -0.2) is 13.8 Å². The summed E-state index contributed by atoms with van der Waals surface area (Å²) >= 11 is 7.09. The van der Waals surface area contributed by atoms with E-state index in [0.717, 1.165) is 11.8 Å². The SMILES string of the molecule is CSc1nc2c(c(=O)[nH]1)CN(Cc1c(F)ccc(Cl)c1F)CC2. The van der Waals surface area contributed by atoms with Crippen LogP contribution in [0.25, 0.3) is 0 Å². The van der Waals surface area contributed by atoms with Crippen LogP contribution in [0, 0.1) is 11.6 Å². The number of nitrogens with one attached hydrogen (secondary N) is 1. The lowest BCUT2D eigenvalue weighted by molar-refractivity contribution is 0.234. The molecule has 23 heavy (non-hydrogen) atoms. The van der Waals surface area contributed by atoms with Gasteiger partial charge in [0.05, 0.1) is 16.3 Å². The van der Waals surface area contributed by atoms with Crippen LogP contribution in [0.3, 0.4) is 0 Å². The summed E-state index contributed by atoms with van der Waals surface area (Å²) < 4.78 is 27.9. The highest BCUT2D eigenvalue weighted by molar-refractivity contribution is 7.98. The van der Waals surface area contributed by atoms with Gasteiger partial charge in [0, 0.05) is 31.6 Å². The largest absolute Gasteiger partial charge is 0.301 e. The maximum Gasteiger partial charge on any atom is 0.256 e. The van der Waals surface area contributed by atoms with E-state index in [1.165, 1.54) is 17.8 Å². The van der Waals surface area contributed by atoms with Gasteiger partial charge in [-0.1, -0.05) is 23.4 Å². The molecule has 0 amide bonds. The first-order valence-electron chi connectivity index (χ1n) is 7.00. The van der Waals surface area contributed by atoms with Crippen molar-refractivity contribution in [1.82, 2.24) is 14.9 Å². The van der Waals surface area contributed by atoms with Crippen LogP contribution in [0.4, 0.5) is 8.78 Å². The first-order valence-corrected chi connectivity index (χ1v) is 8.60. The van der Waals surface area contributed by atoms with Gasteiger partial charge in [-0.15, -0.1) is 0 Å². The number of nitrogens with zero attached hydrogens (tertiary/aromatic N) is 2. The minimum atomic E-state index is -0.748. The zero-order chi connectivity index (χ0) is 16.6. The van der Waals surface area contributed by atoms with Gasteiger partial charge in [-0.3, -0.25) is 9.69 Å². The Morgan fingerprint density at radius 2 is 2.22 bits per heavy atom. The summed E-state index contributed by atoms with van der Waals surface area (Å²) in [4.78, 5) is 21.0. The number of hydrogen-bond acceptors (Lipinski definition) is 4. The molecule has 122 valence electrons. The molecule has 0 saturated heterocycles. The molecule has 2 heterocycles. The summed E-state index contributed by atoms with van der Waals surface area (Å²) in [6.07, 6.45) is 2.40. The third-order valence-corrected chi connectivity index (χ3v) is 4.71. The first-order chi connectivity index (χ1) is 11.0. The average Bonchev–Trinajstić information content (AvgIpc) is 2.55. The molecule has 0 fully saturated rings. The fourth-order valence-corrected chi connectivity index (χ4v) is 3.20. The van der Waals surface area contributed by atoms with E-state index in [-0.39, 0.29) is 22.7 Å². The van der Waals surface area contributed by atoms with E-state index in [1.807, 2.05) is 11.2 Å². The van der Waals surface area contributed by atoms with Gasteiger partial charge in [0.1, 0.15) is 11.6 Å².